The highest BCUT2D eigenvalue weighted by Gasteiger charge is 2.31. The minimum Gasteiger partial charge on any atom is -0.508 e. The van der Waals surface area contributed by atoms with Crippen molar-refractivity contribution in [1.29, 1.82) is 0 Å². The maximum absolute atomic E-state index is 13.3. The number of nitrogens with one attached hydrogen (secondary N) is 5. The summed E-state index contributed by atoms with van der Waals surface area (Å²) in [5, 5.41) is 60.5. The molecule has 2 rings (SSSR count). The van der Waals surface area contributed by atoms with Crippen molar-refractivity contribution in [1.82, 2.24) is 26.6 Å². The molecule has 0 spiro atoms. The lowest BCUT2D eigenvalue weighted by molar-refractivity contribution is -0.146. The fourth-order valence-corrected chi connectivity index (χ4v) is 4.90. The number of rotatable bonds is 22. The van der Waals surface area contributed by atoms with E-state index in [1.807, 2.05) is 13.8 Å². The molecule has 0 aliphatic carbocycles. The van der Waals surface area contributed by atoms with E-state index in [0.717, 1.165) is 5.56 Å². The molecule has 10 N–H and O–H groups in total. The molecule has 17 heteroatoms. The van der Waals surface area contributed by atoms with E-state index in [-0.39, 0.29) is 24.5 Å². The first-order valence-electron chi connectivity index (χ1n) is 16.6. The highest BCUT2D eigenvalue weighted by molar-refractivity contribution is 5.93. The van der Waals surface area contributed by atoms with Gasteiger partial charge in [-0.1, -0.05) is 56.3 Å². The summed E-state index contributed by atoms with van der Waals surface area (Å²) in [7, 11) is 1.20. The number of ketones is 1. The summed E-state index contributed by atoms with van der Waals surface area (Å²) < 4.78 is 4.82. The zero-order valence-electron chi connectivity index (χ0n) is 29.3. The summed E-state index contributed by atoms with van der Waals surface area (Å²) in [6.45, 7) is 1.03. The highest BCUT2D eigenvalue weighted by Crippen LogP contribution is 2.12. The van der Waals surface area contributed by atoms with E-state index >= 15 is 0 Å². The number of aromatic hydroxyl groups is 1. The fourth-order valence-electron chi connectivity index (χ4n) is 4.90. The normalized spacial score (nSPS) is 14.5. The first-order valence-corrected chi connectivity index (χ1v) is 16.6. The molecule has 0 unspecified atom stereocenters. The Morgan fingerprint density at radius 3 is 1.90 bits per heavy atom. The quantitative estimate of drug-likeness (QED) is 0.0549. The van der Waals surface area contributed by atoms with E-state index in [0.29, 0.717) is 12.0 Å². The number of benzene rings is 2. The first kappa shape index (κ1) is 43.2. The number of amides is 4. The van der Waals surface area contributed by atoms with Crippen LogP contribution in [0.4, 0.5) is 0 Å². The SMILES string of the molecule is COC(=O)[C@H](CC(C)C)NC(=O)[C@H](Cc1ccccc1)NC(=O)CNC(=O)CNC(=O)[C@H](Cc1ccc(O)cc1)NCC(=O)[C@@H](O)[C@H](O)[C@H](O)CO. The average molecular weight is 732 g/mol. The molecule has 17 nitrogen and oxygen atoms in total. The van der Waals surface area contributed by atoms with Crippen LogP contribution in [0.25, 0.3) is 0 Å². The monoisotopic (exact) mass is 731 g/mol. The Labute approximate surface area is 301 Å². The Hall–Kier alpha value is -4.94. The number of hydrogen-bond acceptors (Lipinski definition) is 13. The smallest absolute Gasteiger partial charge is 0.328 e. The summed E-state index contributed by atoms with van der Waals surface area (Å²) in [5.41, 5.74) is 1.27. The molecule has 52 heavy (non-hydrogen) atoms. The van der Waals surface area contributed by atoms with Crippen molar-refractivity contribution in [2.24, 2.45) is 5.92 Å². The van der Waals surface area contributed by atoms with Crippen LogP contribution in [-0.4, -0.2) is 131 Å². The Morgan fingerprint density at radius 2 is 1.31 bits per heavy atom. The van der Waals surface area contributed by atoms with Gasteiger partial charge < -0.3 is 51.5 Å². The first-order chi connectivity index (χ1) is 24.6. The lowest BCUT2D eigenvalue weighted by atomic mass is 10.0. The molecule has 286 valence electrons. The summed E-state index contributed by atoms with van der Waals surface area (Å²) >= 11 is 0. The molecule has 0 aliphatic rings. The Balaban J connectivity index is 2.03. The predicted molar refractivity (Wildman–Crippen MR) is 185 cm³/mol. The van der Waals surface area contributed by atoms with Gasteiger partial charge in [0.05, 0.1) is 39.4 Å². The number of aliphatic hydroxyl groups excluding tert-OH is 4. The largest absolute Gasteiger partial charge is 0.508 e. The molecule has 0 aromatic heterocycles. The second-order valence-corrected chi connectivity index (χ2v) is 12.5. The minimum absolute atomic E-state index is 0.0309. The van der Waals surface area contributed by atoms with Crippen LogP contribution in [0, 0.1) is 5.92 Å². The van der Waals surface area contributed by atoms with Gasteiger partial charge in [0.2, 0.25) is 23.6 Å². The number of carbonyl (C=O) groups is 6. The molecular weight excluding hydrogens is 682 g/mol. The number of carbonyl (C=O) groups excluding carboxylic acids is 6. The Bertz CT molecular complexity index is 1470. The lowest BCUT2D eigenvalue weighted by Gasteiger charge is -2.23. The van der Waals surface area contributed by atoms with Crippen molar-refractivity contribution in [2.75, 3.05) is 33.4 Å². The number of hydrogen-bond donors (Lipinski definition) is 10. The number of Topliss-reactive ketones (excluding diaryl/α,β-unsaturated/α-hetero) is 1. The molecule has 0 saturated carbocycles. The van der Waals surface area contributed by atoms with Crippen molar-refractivity contribution in [2.45, 2.75) is 69.5 Å². The van der Waals surface area contributed by atoms with Crippen molar-refractivity contribution in [3.05, 3.63) is 65.7 Å². The van der Waals surface area contributed by atoms with Crippen LogP contribution in [0.1, 0.15) is 31.4 Å². The Kier molecular flexibility index (Phi) is 18.4. The number of ether oxygens (including phenoxy) is 1. The maximum Gasteiger partial charge on any atom is 0.328 e. The predicted octanol–water partition coefficient (Wildman–Crippen LogP) is -2.80. The number of phenols is 1. The summed E-state index contributed by atoms with van der Waals surface area (Å²) in [6, 6.07) is 11.4. The van der Waals surface area contributed by atoms with Gasteiger partial charge in [-0.15, -0.1) is 0 Å². The van der Waals surface area contributed by atoms with E-state index in [2.05, 4.69) is 26.6 Å². The summed E-state index contributed by atoms with van der Waals surface area (Å²) in [5.74, 6) is -4.51. The molecule has 0 heterocycles. The molecule has 4 amide bonds. The van der Waals surface area contributed by atoms with Gasteiger partial charge in [0.1, 0.15) is 36.1 Å². The van der Waals surface area contributed by atoms with Gasteiger partial charge in [0.15, 0.2) is 5.78 Å². The van der Waals surface area contributed by atoms with Crippen LogP contribution in [-0.2, 0) is 46.3 Å². The molecule has 6 atom stereocenters. The van der Waals surface area contributed by atoms with Gasteiger partial charge >= 0.3 is 5.97 Å². The van der Waals surface area contributed by atoms with Crippen molar-refractivity contribution in [3.8, 4) is 5.75 Å². The van der Waals surface area contributed by atoms with Gasteiger partial charge in [0.25, 0.3) is 0 Å². The van der Waals surface area contributed by atoms with E-state index < -0.39 is 98.1 Å². The second-order valence-electron chi connectivity index (χ2n) is 12.5. The van der Waals surface area contributed by atoms with Gasteiger partial charge in [-0.05, 0) is 42.0 Å². The summed E-state index contributed by atoms with van der Waals surface area (Å²) in [6.07, 6.45) is -5.50. The molecule has 0 bridgehead atoms. The van der Waals surface area contributed by atoms with Crippen LogP contribution in [0.2, 0.25) is 0 Å². The standard InChI is InChI=1S/C35H49N5O12/c1-20(2)13-26(35(51)52-3)40-34(50)25(15-21-7-5-4-6-8-21)39-30(46)18-37-29(45)17-38-33(49)24(14-22-9-11-23(42)12-10-22)36-16-27(43)31(47)32(48)28(44)19-41/h4-12,20,24-26,28,31-32,36,41-42,44,47-48H,13-19H2,1-3H3,(H,37,45)(H,38,49)(H,39,46)(H,40,50)/t24-,25-,26-,28+,31+,32+/m0/s1. The van der Waals surface area contributed by atoms with E-state index in [9.17, 15) is 49.2 Å². The van der Waals surface area contributed by atoms with Gasteiger partial charge in [-0.3, -0.25) is 29.3 Å². The summed E-state index contributed by atoms with van der Waals surface area (Å²) in [4.78, 5) is 76.6. The van der Waals surface area contributed by atoms with Gasteiger partial charge in [-0.25, -0.2) is 4.79 Å². The van der Waals surface area contributed by atoms with Gasteiger partial charge in [0, 0.05) is 6.42 Å². The minimum atomic E-state index is -2.07. The molecule has 2 aromatic carbocycles. The molecule has 2 aromatic rings. The number of phenolic OH excluding ortho intramolecular Hbond substituents is 1. The Morgan fingerprint density at radius 1 is 0.712 bits per heavy atom. The average Bonchev–Trinajstić information content (AvgIpc) is 3.13. The van der Waals surface area contributed by atoms with Crippen molar-refractivity contribution in [3.63, 3.8) is 0 Å². The molecule has 0 saturated heterocycles. The molecule has 0 radical (unpaired) electrons. The third kappa shape index (κ3) is 15.1. The molecule has 0 fully saturated rings. The zero-order chi connectivity index (χ0) is 38.8. The van der Waals surface area contributed by atoms with Gasteiger partial charge in [-0.2, -0.15) is 0 Å². The van der Waals surface area contributed by atoms with E-state index in [1.165, 1.54) is 31.4 Å². The number of methoxy groups -OCH3 is 1. The van der Waals surface area contributed by atoms with Crippen LogP contribution < -0.4 is 26.6 Å². The van der Waals surface area contributed by atoms with Crippen LogP contribution >= 0.6 is 0 Å². The number of esters is 1. The highest BCUT2D eigenvalue weighted by atomic mass is 16.5. The van der Waals surface area contributed by atoms with E-state index in [4.69, 9.17) is 9.84 Å². The third-order valence-electron chi connectivity index (χ3n) is 7.76. The molecular formula is C35H49N5O12. The zero-order valence-corrected chi connectivity index (χ0v) is 29.3. The van der Waals surface area contributed by atoms with Crippen LogP contribution in [0.3, 0.4) is 0 Å². The van der Waals surface area contributed by atoms with Crippen LogP contribution in [0.15, 0.2) is 54.6 Å². The molecule has 0 aliphatic heterocycles. The number of aliphatic hydroxyl groups is 4. The fraction of sp³-hybridized carbons (Fsp3) is 0.486. The third-order valence-corrected chi connectivity index (χ3v) is 7.76. The lowest BCUT2D eigenvalue weighted by Crippen LogP contribution is -2.54. The second kappa shape index (κ2) is 22.1. The van der Waals surface area contributed by atoms with E-state index in [1.54, 1.807) is 30.3 Å². The maximum atomic E-state index is 13.3. The van der Waals surface area contributed by atoms with Crippen molar-refractivity contribution >= 4 is 35.4 Å². The van der Waals surface area contributed by atoms with Crippen LogP contribution in [0.5, 0.6) is 5.75 Å². The van der Waals surface area contributed by atoms with Crippen molar-refractivity contribution < 1.29 is 59.0 Å². The topological polar surface area (TPSA) is 273 Å².